The quantitative estimate of drug-likeness (QED) is 0.0224. The maximum absolute atomic E-state index is 12.8. The number of rotatable bonds is 27. The zero-order chi connectivity index (χ0) is 47.3. The molecule has 19 heteroatoms. The molecule has 0 aliphatic carbocycles. The minimum atomic E-state index is -1.74. The lowest BCUT2D eigenvalue weighted by Gasteiger charge is -2.30. The molecule has 0 aliphatic rings. The average Bonchev–Trinajstić information content (AvgIpc) is 3.30. The molecule has 4 rings (SSSR count). The second kappa shape index (κ2) is 26.9. The second-order valence-electron chi connectivity index (χ2n) is 15.8. The zero-order valence-electron chi connectivity index (χ0n) is 36.3. The highest BCUT2D eigenvalue weighted by Crippen LogP contribution is 2.22. The molecular formula is C46H61ClN9O9-. The zero-order valence-corrected chi connectivity index (χ0v) is 37.0. The number of carboxylic acids is 1. The van der Waals surface area contributed by atoms with Crippen molar-refractivity contribution >= 4 is 47.0 Å². The van der Waals surface area contributed by atoms with Crippen LogP contribution in [0.1, 0.15) is 72.1 Å². The summed E-state index contributed by atoms with van der Waals surface area (Å²) >= 11 is 5.84. The summed E-state index contributed by atoms with van der Waals surface area (Å²) in [4.78, 5) is 50.9. The number of halogens is 1. The van der Waals surface area contributed by atoms with E-state index in [1.807, 2.05) is 71.6 Å². The number of aliphatic hydroxyl groups is 5. The molecule has 65 heavy (non-hydrogen) atoms. The number of carbonyl (C=O) groups is 3. The van der Waals surface area contributed by atoms with Gasteiger partial charge >= 0.3 is 0 Å². The van der Waals surface area contributed by atoms with E-state index in [1.165, 1.54) is 0 Å². The minimum absolute atomic E-state index is 0.0284. The van der Waals surface area contributed by atoms with Crippen molar-refractivity contribution in [3.05, 3.63) is 106 Å². The number of hydrogen-bond donors (Lipinski definition) is 10. The van der Waals surface area contributed by atoms with Crippen molar-refractivity contribution in [3.63, 3.8) is 0 Å². The molecule has 352 valence electrons. The number of nitrogens with one attached hydrogen (secondary N) is 2. The number of aliphatic carboxylic acids is 1. The van der Waals surface area contributed by atoms with E-state index < -0.39 is 54.8 Å². The maximum Gasteiger partial charge on any atom is 0.280 e. The Morgan fingerprint density at radius 1 is 0.738 bits per heavy atom. The van der Waals surface area contributed by atoms with Gasteiger partial charge in [-0.05, 0) is 98.7 Å². The van der Waals surface area contributed by atoms with Crippen LogP contribution in [0.5, 0.6) is 0 Å². The van der Waals surface area contributed by atoms with Crippen LogP contribution < -0.4 is 32.9 Å². The Morgan fingerprint density at radius 2 is 1.32 bits per heavy atom. The number of hydrogen-bond acceptors (Lipinski definition) is 15. The largest absolute Gasteiger partial charge is 0.548 e. The summed E-state index contributed by atoms with van der Waals surface area (Å²) < 4.78 is 0. The van der Waals surface area contributed by atoms with E-state index in [2.05, 4.69) is 37.7 Å². The Labute approximate surface area is 383 Å². The number of anilines is 2. The molecule has 4 aromatic rings. The summed E-state index contributed by atoms with van der Waals surface area (Å²) in [6.45, 7) is 0.552. The van der Waals surface area contributed by atoms with E-state index >= 15 is 0 Å². The number of guanidine groups is 1. The van der Waals surface area contributed by atoms with Gasteiger partial charge in [0, 0.05) is 19.5 Å². The monoisotopic (exact) mass is 918 g/mol. The van der Waals surface area contributed by atoms with Crippen molar-refractivity contribution in [3.8, 4) is 11.1 Å². The first-order valence-corrected chi connectivity index (χ1v) is 22.0. The highest BCUT2D eigenvalue weighted by molar-refractivity contribution is 6.31. The average molecular weight is 920 g/mol. The Bertz CT molecular complexity index is 2130. The molecule has 0 unspecified atom stereocenters. The van der Waals surface area contributed by atoms with Crippen LogP contribution in [-0.4, -0.2) is 127 Å². The van der Waals surface area contributed by atoms with Gasteiger partial charge in [0.05, 0.1) is 24.7 Å². The van der Waals surface area contributed by atoms with Gasteiger partial charge < -0.3 is 62.9 Å². The number of unbranched alkanes of at least 4 members (excludes halogenated alkanes) is 2. The first-order valence-electron chi connectivity index (χ1n) is 21.6. The van der Waals surface area contributed by atoms with Crippen molar-refractivity contribution in [2.45, 2.75) is 94.7 Å². The van der Waals surface area contributed by atoms with E-state index in [-0.39, 0.29) is 47.8 Å². The number of aryl methyl sites for hydroxylation is 3. The van der Waals surface area contributed by atoms with E-state index in [0.717, 1.165) is 59.9 Å². The van der Waals surface area contributed by atoms with Crippen molar-refractivity contribution < 1.29 is 45.0 Å². The topological polar surface area (TPSA) is 319 Å². The number of carbonyl (C=O) groups excluding carboxylic acids is 3. The van der Waals surface area contributed by atoms with Crippen molar-refractivity contribution in [1.29, 1.82) is 0 Å². The van der Waals surface area contributed by atoms with Gasteiger partial charge in [-0.3, -0.25) is 19.9 Å². The summed E-state index contributed by atoms with van der Waals surface area (Å²) in [7, 11) is 0. The van der Waals surface area contributed by atoms with E-state index in [9.17, 15) is 39.9 Å². The first-order chi connectivity index (χ1) is 31.1. The van der Waals surface area contributed by atoms with Gasteiger partial charge in [-0.15, -0.1) is 0 Å². The van der Waals surface area contributed by atoms with Crippen LogP contribution >= 0.6 is 11.6 Å². The van der Waals surface area contributed by atoms with Gasteiger partial charge in [0.15, 0.2) is 28.4 Å². The number of aliphatic imine (C=N–C) groups is 1. The summed E-state index contributed by atoms with van der Waals surface area (Å²) in [5.41, 5.74) is 22.1. The number of amides is 2. The number of carboxylic acid groups (broad SMARTS) is 1. The molecule has 1 heterocycles. The molecular weight excluding hydrogens is 858 g/mol. The number of aromatic nitrogens is 2. The Kier molecular flexibility index (Phi) is 21.5. The third-order valence-corrected chi connectivity index (χ3v) is 11.1. The van der Waals surface area contributed by atoms with Gasteiger partial charge in [-0.1, -0.05) is 90.5 Å². The molecule has 3 aromatic carbocycles. The smallest absolute Gasteiger partial charge is 0.280 e. The van der Waals surface area contributed by atoms with Crippen LogP contribution in [0.2, 0.25) is 5.15 Å². The molecule has 0 saturated heterocycles. The lowest BCUT2D eigenvalue weighted by Crippen LogP contribution is -2.50. The van der Waals surface area contributed by atoms with E-state index in [0.29, 0.717) is 38.9 Å². The summed E-state index contributed by atoms with van der Waals surface area (Å²) in [5.74, 6) is -2.85. The van der Waals surface area contributed by atoms with Crippen LogP contribution in [0.25, 0.3) is 11.1 Å². The van der Waals surface area contributed by atoms with Gasteiger partial charge in [0.1, 0.15) is 18.3 Å². The van der Waals surface area contributed by atoms with Gasteiger partial charge in [0.2, 0.25) is 5.91 Å². The van der Waals surface area contributed by atoms with Gasteiger partial charge in [0.25, 0.3) is 5.91 Å². The molecule has 0 bridgehead atoms. The third kappa shape index (κ3) is 17.6. The number of nitrogens with zero attached hydrogens (tertiary/aromatic N) is 4. The number of nitrogens with two attached hydrogens (primary N) is 3. The van der Waals surface area contributed by atoms with E-state index in [1.54, 1.807) is 0 Å². The molecule has 0 saturated carbocycles. The summed E-state index contributed by atoms with van der Waals surface area (Å²) in [5, 5.41) is 66.8. The van der Waals surface area contributed by atoms with Crippen molar-refractivity contribution in [2.75, 3.05) is 44.3 Å². The summed E-state index contributed by atoms with van der Waals surface area (Å²) in [6, 6.07) is 24.7. The lowest BCUT2D eigenvalue weighted by molar-refractivity contribution is -0.308. The molecule has 0 aliphatic heterocycles. The number of aliphatic hydroxyl groups excluding tert-OH is 5. The minimum Gasteiger partial charge on any atom is -0.548 e. The predicted molar refractivity (Wildman–Crippen MR) is 246 cm³/mol. The molecule has 1 aromatic heterocycles. The van der Waals surface area contributed by atoms with Crippen LogP contribution in [0.15, 0.2) is 83.9 Å². The van der Waals surface area contributed by atoms with Gasteiger partial charge in [-0.25, -0.2) is 9.97 Å². The molecule has 13 N–H and O–H groups in total. The third-order valence-electron chi connectivity index (χ3n) is 10.8. The SMILES string of the molecule is NC(=NCCCCc1ccc(-c2ccc(CCC(=O)N[C@@H](CCCCN(CCCc3ccccc3)C[C@H](O)[C@@H](O)[C@H](O)[C@H](O)CO)C(=O)[O-])cc2)cc1)NC(=O)c1nc(Cl)c(N)nc1N. The predicted octanol–water partition coefficient (Wildman–Crippen LogP) is 0.737. The number of benzene rings is 3. The van der Waals surface area contributed by atoms with Crippen molar-refractivity contribution in [1.82, 2.24) is 25.5 Å². The van der Waals surface area contributed by atoms with E-state index in [4.69, 9.17) is 33.9 Å². The lowest BCUT2D eigenvalue weighted by atomic mass is 9.99. The van der Waals surface area contributed by atoms with Crippen LogP contribution in [0.3, 0.4) is 0 Å². The fourth-order valence-electron chi connectivity index (χ4n) is 7.03. The van der Waals surface area contributed by atoms with Gasteiger partial charge in [-0.2, -0.15) is 0 Å². The van der Waals surface area contributed by atoms with Crippen LogP contribution in [0, 0.1) is 0 Å². The number of nitrogen functional groups attached to an aromatic ring is 2. The van der Waals surface area contributed by atoms with Crippen LogP contribution in [-0.2, 0) is 28.9 Å². The molecule has 0 spiro atoms. The molecule has 0 fully saturated rings. The molecule has 18 nitrogen and oxygen atoms in total. The fraction of sp³-hybridized carbons (Fsp3) is 0.435. The molecule has 5 atom stereocenters. The fourth-order valence-corrected chi connectivity index (χ4v) is 7.16. The Hall–Kier alpha value is -5.73. The molecule has 2 amide bonds. The van der Waals surface area contributed by atoms with Crippen LogP contribution in [0.4, 0.5) is 11.6 Å². The maximum atomic E-state index is 12.8. The highest BCUT2D eigenvalue weighted by Gasteiger charge is 2.31. The Balaban J connectivity index is 1.17. The molecule has 0 radical (unpaired) electrons. The normalized spacial score (nSPS) is 14.0. The highest BCUT2D eigenvalue weighted by atomic mass is 35.5. The Morgan fingerprint density at radius 3 is 1.95 bits per heavy atom. The summed E-state index contributed by atoms with van der Waals surface area (Å²) in [6.07, 6.45) is -1.04. The van der Waals surface area contributed by atoms with Crippen molar-refractivity contribution in [2.24, 2.45) is 10.7 Å². The second-order valence-corrected chi connectivity index (χ2v) is 16.2. The standard InChI is InChI=1S/C46H62ClN9O9/c47-41-43(49)54-42(48)38(53-41)44(63)55-46(50)51-24-6-4-11-30-14-19-32(20-15-30)33-21-16-31(17-22-33)18-23-37(60)52-34(45(64)65)13-5-7-25-56(26-8-12-29-9-2-1-3-10-29)27-35(58)39(61)40(62)36(59)28-57/h1-3,9-10,14-17,19-22,34-36,39-40,57-59,61-62H,4-8,11-13,18,23-28H2,(H,52,60)(H,64,65)(H4,48,49,54)(H3,50,51,55,63)/p-1/t34-,35-,36+,39+,40+/m0/s1. The first kappa shape index (κ1) is 51.9.